The van der Waals surface area contributed by atoms with Crippen LogP contribution >= 0.6 is 11.8 Å². The Kier molecular flexibility index (Phi) is 6.14. The molecule has 1 heterocycles. The van der Waals surface area contributed by atoms with E-state index < -0.39 is 0 Å². The molecule has 0 spiro atoms. The van der Waals surface area contributed by atoms with Crippen LogP contribution < -0.4 is 11.3 Å². The molecule has 19 heavy (non-hydrogen) atoms. The molecule has 1 aromatic rings. The van der Waals surface area contributed by atoms with Gasteiger partial charge in [-0.3, -0.25) is 16.3 Å². The number of nitrogens with two attached hydrogens (primary N) is 1. The van der Waals surface area contributed by atoms with Crippen LogP contribution in [0.25, 0.3) is 0 Å². The van der Waals surface area contributed by atoms with Gasteiger partial charge in [-0.15, -0.1) is 0 Å². The molecule has 1 saturated carbocycles. The Balaban J connectivity index is 1.79. The second kappa shape index (κ2) is 7.88. The van der Waals surface area contributed by atoms with Gasteiger partial charge in [0.2, 0.25) is 0 Å². The smallest absolute Gasteiger partial charge is 0.0420 e. The van der Waals surface area contributed by atoms with E-state index in [0.29, 0.717) is 6.04 Å². The summed E-state index contributed by atoms with van der Waals surface area (Å²) >= 11 is 2.07. The zero-order chi connectivity index (χ0) is 13.5. The quantitative estimate of drug-likeness (QED) is 0.595. The maximum Gasteiger partial charge on any atom is 0.0420 e. The third kappa shape index (κ3) is 4.79. The van der Waals surface area contributed by atoms with E-state index in [4.69, 9.17) is 5.84 Å². The van der Waals surface area contributed by atoms with Gasteiger partial charge in [-0.25, -0.2) is 0 Å². The van der Waals surface area contributed by atoms with E-state index in [0.717, 1.165) is 29.5 Å². The number of aromatic nitrogens is 1. The van der Waals surface area contributed by atoms with Crippen LogP contribution in [0.3, 0.4) is 0 Å². The van der Waals surface area contributed by atoms with Gasteiger partial charge in [0.25, 0.3) is 0 Å². The molecule has 1 fully saturated rings. The molecule has 1 atom stereocenters. The Morgan fingerprint density at radius 2 is 2.21 bits per heavy atom. The van der Waals surface area contributed by atoms with Crippen LogP contribution in [-0.4, -0.2) is 22.0 Å². The fourth-order valence-corrected chi connectivity index (χ4v) is 3.90. The zero-order valence-electron chi connectivity index (χ0n) is 11.8. The monoisotopic (exact) mass is 279 g/mol. The number of nitrogens with zero attached hydrogens (tertiary/aromatic N) is 1. The highest BCUT2D eigenvalue weighted by Crippen LogP contribution is 2.29. The Morgan fingerprint density at radius 3 is 2.79 bits per heavy atom. The van der Waals surface area contributed by atoms with Gasteiger partial charge in [-0.2, -0.15) is 11.8 Å². The average molecular weight is 279 g/mol. The van der Waals surface area contributed by atoms with Crippen LogP contribution in [0.5, 0.6) is 0 Å². The summed E-state index contributed by atoms with van der Waals surface area (Å²) in [5.41, 5.74) is 5.37. The third-order valence-corrected chi connectivity index (χ3v) is 5.36. The fourth-order valence-electron chi connectivity index (χ4n) is 2.51. The minimum absolute atomic E-state index is 0.325. The summed E-state index contributed by atoms with van der Waals surface area (Å²) in [6.07, 6.45) is 9.50. The molecular weight excluding hydrogens is 254 g/mol. The molecule has 0 aromatic carbocycles. The van der Waals surface area contributed by atoms with Crippen LogP contribution in [0.4, 0.5) is 0 Å². The second-order valence-corrected chi connectivity index (χ2v) is 6.65. The van der Waals surface area contributed by atoms with E-state index in [-0.39, 0.29) is 0 Å². The van der Waals surface area contributed by atoms with Gasteiger partial charge in [0, 0.05) is 35.4 Å². The summed E-state index contributed by atoms with van der Waals surface area (Å²) in [5.74, 6) is 6.75. The highest BCUT2D eigenvalue weighted by atomic mass is 32.2. The summed E-state index contributed by atoms with van der Waals surface area (Å²) in [6.45, 7) is 2.15. The maximum atomic E-state index is 5.67. The standard InChI is InChI=1S/C15H25N3S/c1-2-12-7-8-13(17-10-12)9-14(18-16)11-19-15-5-3-4-6-15/h7-8,10,14-15,18H,2-6,9,11,16H2,1H3. The Morgan fingerprint density at radius 1 is 1.42 bits per heavy atom. The van der Waals surface area contributed by atoms with Gasteiger partial charge in [0.1, 0.15) is 0 Å². The van der Waals surface area contributed by atoms with Gasteiger partial charge in [-0.1, -0.05) is 25.8 Å². The van der Waals surface area contributed by atoms with Crippen molar-refractivity contribution in [1.29, 1.82) is 0 Å². The van der Waals surface area contributed by atoms with E-state index >= 15 is 0 Å². The molecule has 0 aliphatic heterocycles. The minimum Gasteiger partial charge on any atom is -0.271 e. The van der Waals surface area contributed by atoms with E-state index in [1.54, 1.807) is 0 Å². The lowest BCUT2D eigenvalue weighted by Crippen LogP contribution is -2.39. The van der Waals surface area contributed by atoms with Crippen LogP contribution in [0, 0.1) is 0 Å². The van der Waals surface area contributed by atoms with E-state index in [2.05, 4.69) is 41.2 Å². The number of nitrogens with one attached hydrogen (secondary N) is 1. The van der Waals surface area contributed by atoms with Gasteiger partial charge in [0.15, 0.2) is 0 Å². The highest BCUT2D eigenvalue weighted by Gasteiger charge is 2.17. The number of aryl methyl sites for hydroxylation is 1. The Bertz CT molecular complexity index is 360. The SMILES string of the molecule is CCc1ccc(CC(CSC2CCCC2)NN)nc1. The summed E-state index contributed by atoms with van der Waals surface area (Å²) in [5, 5.41) is 0.853. The molecule has 3 N–H and O–H groups in total. The normalized spacial score (nSPS) is 17.8. The fraction of sp³-hybridized carbons (Fsp3) is 0.667. The Hall–Kier alpha value is -0.580. The van der Waals surface area contributed by atoms with E-state index in [1.165, 1.54) is 31.2 Å². The first-order valence-corrected chi connectivity index (χ1v) is 8.38. The summed E-state index contributed by atoms with van der Waals surface area (Å²) < 4.78 is 0. The van der Waals surface area contributed by atoms with Gasteiger partial charge in [0.05, 0.1) is 0 Å². The highest BCUT2D eigenvalue weighted by molar-refractivity contribution is 7.99. The molecule has 4 heteroatoms. The molecule has 2 rings (SSSR count). The minimum atomic E-state index is 0.325. The summed E-state index contributed by atoms with van der Waals surface area (Å²) in [6, 6.07) is 4.62. The van der Waals surface area contributed by atoms with Gasteiger partial charge < -0.3 is 0 Å². The van der Waals surface area contributed by atoms with Crippen molar-refractivity contribution in [2.45, 2.75) is 56.7 Å². The maximum absolute atomic E-state index is 5.67. The first kappa shape index (κ1) is 14.8. The van der Waals surface area contributed by atoms with Crippen LogP contribution in [0.2, 0.25) is 0 Å². The lowest BCUT2D eigenvalue weighted by molar-refractivity contribution is 0.568. The predicted molar refractivity (Wildman–Crippen MR) is 83.1 cm³/mol. The molecule has 106 valence electrons. The van der Waals surface area contributed by atoms with Crippen molar-refractivity contribution in [3.05, 3.63) is 29.6 Å². The van der Waals surface area contributed by atoms with Crippen LogP contribution in [0.15, 0.2) is 18.3 Å². The lowest BCUT2D eigenvalue weighted by atomic mass is 10.1. The molecule has 0 saturated heterocycles. The molecule has 0 amide bonds. The number of hydrogen-bond donors (Lipinski definition) is 2. The summed E-state index contributed by atoms with van der Waals surface area (Å²) in [7, 11) is 0. The lowest BCUT2D eigenvalue weighted by Gasteiger charge is -2.17. The van der Waals surface area contributed by atoms with Crippen molar-refractivity contribution in [1.82, 2.24) is 10.4 Å². The van der Waals surface area contributed by atoms with Crippen molar-refractivity contribution in [2.24, 2.45) is 5.84 Å². The summed E-state index contributed by atoms with van der Waals surface area (Å²) in [4.78, 5) is 4.51. The van der Waals surface area contributed by atoms with E-state index in [9.17, 15) is 0 Å². The number of hydrazine groups is 1. The van der Waals surface area contributed by atoms with Crippen molar-refractivity contribution < 1.29 is 0 Å². The predicted octanol–water partition coefficient (Wildman–Crippen LogP) is 2.69. The molecule has 0 radical (unpaired) electrons. The first-order chi connectivity index (χ1) is 9.31. The van der Waals surface area contributed by atoms with Crippen LogP contribution in [-0.2, 0) is 12.8 Å². The molecule has 0 bridgehead atoms. The molecular formula is C15H25N3S. The Labute approximate surface area is 120 Å². The molecule has 1 aliphatic rings. The molecule has 1 aliphatic carbocycles. The molecule has 1 aromatic heterocycles. The average Bonchev–Trinajstić information content (AvgIpc) is 2.97. The van der Waals surface area contributed by atoms with Gasteiger partial charge in [-0.05, 0) is 30.9 Å². The third-order valence-electron chi connectivity index (χ3n) is 3.82. The number of rotatable bonds is 7. The van der Waals surface area contributed by atoms with Crippen molar-refractivity contribution >= 4 is 11.8 Å². The van der Waals surface area contributed by atoms with Gasteiger partial charge >= 0.3 is 0 Å². The van der Waals surface area contributed by atoms with Crippen molar-refractivity contribution in [2.75, 3.05) is 5.75 Å². The van der Waals surface area contributed by atoms with E-state index in [1.807, 2.05) is 6.20 Å². The van der Waals surface area contributed by atoms with Crippen molar-refractivity contribution in [3.63, 3.8) is 0 Å². The largest absolute Gasteiger partial charge is 0.271 e. The van der Waals surface area contributed by atoms with Crippen LogP contribution in [0.1, 0.15) is 43.9 Å². The van der Waals surface area contributed by atoms with Crippen molar-refractivity contribution in [3.8, 4) is 0 Å². The number of hydrogen-bond acceptors (Lipinski definition) is 4. The molecule has 1 unspecified atom stereocenters. The zero-order valence-corrected chi connectivity index (χ0v) is 12.6. The first-order valence-electron chi connectivity index (χ1n) is 7.33. The molecule has 3 nitrogen and oxygen atoms in total. The number of thioether (sulfide) groups is 1. The topological polar surface area (TPSA) is 50.9 Å². The second-order valence-electron chi connectivity index (χ2n) is 5.32. The number of pyridine rings is 1.